The number of benzene rings is 2. The smallest absolute Gasteiger partial charge is 0.311 e. The molecule has 1 fully saturated rings. The highest BCUT2D eigenvalue weighted by Crippen LogP contribution is 2.27. The van der Waals surface area contributed by atoms with Crippen LogP contribution in [0.5, 0.6) is 5.75 Å². The van der Waals surface area contributed by atoms with Crippen LogP contribution in [-0.4, -0.2) is 43.2 Å². The molecule has 11 heteroatoms. The minimum Gasteiger partial charge on any atom is -0.477 e. The lowest BCUT2D eigenvalue weighted by molar-refractivity contribution is -0.385. The van der Waals surface area contributed by atoms with Crippen molar-refractivity contribution in [1.82, 2.24) is 4.31 Å². The fourth-order valence-corrected chi connectivity index (χ4v) is 4.40. The van der Waals surface area contributed by atoms with Gasteiger partial charge in [0.05, 0.1) is 9.82 Å². The molecule has 2 aromatic carbocycles. The van der Waals surface area contributed by atoms with E-state index in [4.69, 9.17) is 4.74 Å². The third kappa shape index (κ3) is 4.87. The number of hydrogen-bond acceptors (Lipinski definition) is 6. The third-order valence-electron chi connectivity index (χ3n) is 4.32. The molecular weight excluding hydrogens is 405 g/mol. The number of anilines is 1. The Kier molecular flexibility index (Phi) is 6.09. The van der Waals surface area contributed by atoms with E-state index >= 15 is 0 Å². The molecule has 29 heavy (non-hydrogen) atoms. The molecular formula is C18H18FN3O6S. The van der Waals surface area contributed by atoms with E-state index in [1.54, 1.807) is 0 Å². The Morgan fingerprint density at radius 1 is 1.17 bits per heavy atom. The molecule has 1 aliphatic heterocycles. The van der Waals surface area contributed by atoms with Gasteiger partial charge in [0, 0.05) is 30.9 Å². The molecule has 2 aromatic rings. The lowest BCUT2D eigenvalue weighted by Crippen LogP contribution is -2.27. The zero-order valence-corrected chi connectivity index (χ0v) is 16.0. The maximum Gasteiger partial charge on any atom is 0.311 e. The first kappa shape index (κ1) is 20.7. The monoisotopic (exact) mass is 423 g/mol. The number of sulfonamides is 1. The first-order valence-electron chi connectivity index (χ1n) is 8.74. The molecule has 0 bridgehead atoms. The van der Waals surface area contributed by atoms with Gasteiger partial charge in [0.1, 0.15) is 5.82 Å². The first-order chi connectivity index (χ1) is 13.8. The molecule has 154 valence electrons. The fraction of sp³-hybridized carbons (Fsp3) is 0.278. The van der Waals surface area contributed by atoms with Crippen molar-refractivity contribution in [1.29, 1.82) is 0 Å². The summed E-state index contributed by atoms with van der Waals surface area (Å²) in [5, 5.41) is 13.4. The number of amides is 1. The lowest BCUT2D eigenvalue weighted by Gasteiger charge is -2.15. The van der Waals surface area contributed by atoms with Crippen molar-refractivity contribution < 1.29 is 27.3 Å². The van der Waals surface area contributed by atoms with Gasteiger partial charge in [-0.25, -0.2) is 12.8 Å². The van der Waals surface area contributed by atoms with E-state index in [9.17, 15) is 27.7 Å². The molecule has 9 nitrogen and oxygen atoms in total. The fourth-order valence-electron chi connectivity index (χ4n) is 2.88. The normalized spacial score (nSPS) is 14.5. The number of nitro benzene ring substituents is 1. The molecule has 0 atom stereocenters. The van der Waals surface area contributed by atoms with Crippen molar-refractivity contribution in [3.05, 3.63) is 58.4 Å². The van der Waals surface area contributed by atoms with E-state index in [0.29, 0.717) is 18.8 Å². The van der Waals surface area contributed by atoms with Gasteiger partial charge in [-0.2, -0.15) is 4.31 Å². The van der Waals surface area contributed by atoms with Gasteiger partial charge < -0.3 is 10.1 Å². The maximum atomic E-state index is 13.3. The summed E-state index contributed by atoms with van der Waals surface area (Å²) in [6, 6.07) is 8.34. The van der Waals surface area contributed by atoms with Gasteiger partial charge in [-0.15, -0.1) is 0 Å². The van der Waals surface area contributed by atoms with Crippen LogP contribution >= 0.6 is 0 Å². The summed E-state index contributed by atoms with van der Waals surface area (Å²) in [5.41, 5.74) is -0.136. The van der Waals surface area contributed by atoms with Crippen molar-refractivity contribution in [3.63, 3.8) is 0 Å². The lowest BCUT2D eigenvalue weighted by atomic mass is 10.3. The van der Waals surface area contributed by atoms with Gasteiger partial charge in [0.25, 0.3) is 5.91 Å². The molecule has 0 unspecified atom stereocenters. The van der Waals surface area contributed by atoms with E-state index in [1.165, 1.54) is 28.6 Å². The summed E-state index contributed by atoms with van der Waals surface area (Å²) in [4.78, 5) is 22.3. The Balaban J connectivity index is 1.62. The maximum absolute atomic E-state index is 13.3. The minimum absolute atomic E-state index is 0.129. The molecule has 0 aromatic heterocycles. The molecule has 1 heterocycles. The minimum atomic E-state index is -3.55. The van der Waals surface area contributed by atoms with Gasteiger partial charge in [-0.1, -0.05) is 0 Å². The zero-order chi connectivity index (χ0) is 21.0. The summed E-state index contributed by atoms with van der Waals surface area (Å²) < 4.78 is 44.7. The van der Waals surface area contributed by atoms with Crippen LogP contribution in [0.25, 0.3) is 0 Å². The van der Waals surface area contributed by atoms with Crippen LogP contribution in [0, 0.1) is 15.9 Å². The predicted molar refractivity (Wildman–Crippen MR) is 102 cm³/mol. The summed E-state index contributed by atoms with van der Waals surface area (Å²) in [5.74, 6) is -1.74. The van der Waals surface area contributed by atoms with Crippen LogP contribution in [0.15, 0.2) is 47.4 Å². The van der Waals surface area contributed by atoms with Crippen molar-refractivity contribution in [3.8, 4) is 5.75 Å². The van der Waals surface area contributed by atoms with E-state index in [0.717, 1.165) is 31.0 Å². The van der Waals surface area contributed by atoms with Crippen LogP contribution in [0.1, 0.15) is 12.8 Å². The standard InChI is InChI=1S/C18H18FN3O6S/c19-13-3-8-16(22(24)25)17(11-13)28-12-18(23)20-14-4-6-15(7-5-14)29(26,27)21-9-1-2-10-21/h3-8,11H,1-2,9-10,12H2,(H,20,23). The Bertz CT molecular complexity index is 1020. The Morgan fingerprint density at radius 3 is 2.45 bits per heavy atom. The number of nitrogens with zero attached hydrogens (tertiary/aromatic N) is 2. The van der Waals surface area contributed by atoms with E-state index in [-0.39, 0.29) is 10.6 Å². The molecule has 0 saturated carbocycles. The van der Waals surface area contributed by atoms with Gasteiger partial charge >= 0.3 is 5.69 Å². The molecule has 0 radical (unpaired) electrons. The number of nitrogens with one attached hydrogen (secondary N) is 1. The van der Waals surface area contributed by atoms with Crippen LogP contribution in [0.3, 0.4) is 0 Å². The van der Waals surface area contributed by atoms with Crippen molar-refractivity contribution in [2.75, 3.05) is 25.0 Å². The number of rotatable bonds is 7. The second-order valence-electron chi connectivity index (χ2n) is 6.34. The van der Waals surface area contributed by atoms with E-state index in [1.807, 2.05) is 0 Å². The average molecular weight is 423 g/mol. The Labute approximate surface area is 166 Å². The number of ether oxygens (including phenoxy) is 1. The van der Waals surface area contributed by atoms with Crippen molar-refractivity contribution >= 4 is 27.3 Å². The SMILES string of the molecule is O=C(COc1cc(F)ccc1[N+](=O)[O-])Nc1ccc(S(=O)(=O)N2CCCC2)cc1. The molecule has 1 amide bonds. The van der Waals surface area contributed by atoms with E-state index in [2.05, 4.69) is 5.32 Å². The second-order valence-corrected chi connectivity index (χ2v) is 8.28. The molecule has 0 aliphatic carbocycles. The zero-order valence-electron chi connectivity index (χ0n) is 15.2. The summed E-state index contributed by atoms with van der Waals surface area (Å²) in [6.07, 6.45) is 1.66. The Hall–Kier alpha value is -3.05. The third-order valence-corrected chi connectivity index (χ3v) is 6.23. The van der Waals surface area contributed by atoms with Crippen molar-refractivity contribution in [2.45, 2.75) is 17.7 Å². The molecule has 1 aliphatic rings. The van der Waals surface area contributed by atoms with Crippen LogP contribution in [0.4, 0.5) is 15.8 Å². The average Bonchev–Trinajstić information content (AvgIpc) is 3.22. The number of carbonyl (C=O) groups excluding carboxylic acids is 1. The van der Waals surface area contributed by atoms with Crippen molar-refractivity contribution in [2.24, 2.45) is 0 Å². The highest BCUT2D eigenvalue weighted by atomic mass is 32.2. The molecule has 3 rings (SSSR count). The quantitative estimate of drug-likeness (QED) is 0.540. The number of nitro groups is 1. The molecule has 1 N–H and O–H groups in total. The van der Waals surface area contributed by atoms with Crippen LogP contribution in [0.2, 0.25) is 0 Å². The number of halogens is 1. The largest absolute Gasteiger partial charge is 0.477 e. The van der Waals surface area contributed by atoms with Gasteiger partial charge in [-0.3, -0.25) is 14.9 Å². The summed E-state index contributed by atoms with van der Waals surface area (Å²) >= 11 is 0. The number of hydrogen-bond donors (Lipinski definition) is 1. The molecule has 0 spiro atoms. The van der Waals surface area contributed by atoms with E-state index < -0.39 is 39.0 Å². The first-order valence-corrected chi connectivity index (χ1v) is 10.2. The highest BCUT2D eigenvalue weighted by molar-refractivity contribution is 7.89. The summed E-state index contributed by atoms with van der Waals surface area (Å²) in [7, 11) is -3.55. The van der Waals surface area contributed by atoms with Gasteiger partial charge in [-0.05, 0) is 43.2 Å². The molecule has 1 saturated heterocycles. The predicted octanol–water partition coefficient (Wildman–Crippen LogP) is 2.54. The van der Waals surface area contributed by atoms with Gasteiger partial charge in [0.15, 0.2) is 6.61 Å². The number of carbonyl (C=O) groups is 1. The topological polar surface area (TPSA) is 119 Å². The highest BCUT2D eigenvalue weighted by Gasteiger charge is 2.27. The van der Waals surface area contributed by atoms with Gasteiger partial charge in [0.2, 0.25) is 15.8 Å². The summed E-state index contributed by atoms with van der Waals surface area (Å²) in [6.45, 7) is 0.396. The van der Waals surface area contributed by atoms with Crippen LogP contribution < -0.4 is 10.1 Å². The second kappa shape index (κ2) is 8.53. The van der Waals surface area contributed by atoms with Crippen LogP contribution in [-0.2, 0) is 14.8 Å². The Morgan fingerprint density at radius 2 is 1.83 bits per heavy atom.